The third-order valence-electron chi connectivity index (χ3n) is 3.42. The molecule has 0 saturated carbocycles. The SMILES string of the molecule is Cc1nnc(SCC(=O)Nc2ccc(F)c(Cl)c2)n1-c1ccc(F)cc1. The first-order valence-corrected chi connectivity index (χ1v) is 8.86. The van der Waals surface area contributed by atoms with Crippen LogP contribution in [0.15, 0.2) is 47.6 Å². The van der Waals surface area contributed by atoms with Gasteiger partial charge in [0.2, 0.25) is 5.91 Å². The van der Waals surface area contributed by atoms with Gasteiger partial charge in [0.1, 0.15) is 17.5 Å². The lowest BCUT2D eigenvalue weighted by Gasteiger charge is -2.09. The van der Waals surface area contributed by atoms with E-state index in [1.807, 2.05) is 0 Å². The van der Waals surface area contributed by atoms with Crippen molar-refractivity contribution in [3.8, 4) is 5.69 Å². The fourth-order valence-electron chi connectivity index (χ4n) is 2.22. The van der Waals surface area contributed by atoms with Crippen molar-refractivity contribution in [2.75, 3.05) is 11.1 Å². The second-order valence-corrected chi connectivity index (χ2v) is 6.66. The van der Waals surface area contributed by atoms with E-state index >= 15 is 0 Å². The number of aromatic nitrogens is 3. The molecule has 1 aromatic heterocycles. The fourth-order valence-corrected chi connectivity index (χ4v) is 3.20. The first-order chi connectivity index (χ1) is 12.4. The number of anilines is 1. The molecule has 3 rings (SSSR count). The topological polar surface area (TPSA) is 59.8 Å². The van der Waals surface area contributed by atoms with Crippen LogP contribution in [0.5, 0.6) is 0 Å². The highest BCUT2D eigenvalue weighted by Gasteiger charge is 2.14. The Hall–Kier alpha value is -2.45. The molecule has 0 aliphatic rings. The molecule has 0 atom stereocenters. The third kappa shape index (κ3) is 4.20. The molecule has 3 aromatic rings. The number of hydrogen-bond donors (Lipinski definition) is 1. The average molecular weight is 395 g/mol. The number of benzene rings is 2. The normalized spacial score (nSPS) is 10.8. The van der Waals surface area contributed by atoms with E-state index in [2.05, 4.69) is 15.5 Å². The standard InChI is InChI=1S/C17H13ClF2N4OS/c1-10-22-23-17(24(10)13-5-2-11(19)3-6-13)26-9-16(25)21-12-4-7-15(20)14(18)8-12/h2-8H,9H2,1H3,(H,21,25). The Bertz CT molecular complexity index is 946. The molecule has 0 aliphatic heterocycles. The van der Waals surface area contributed by atoms with Crippen molar-refractivity contribution in [2.45, 2.75) is 12.1 Å². The van der Waals surface area contributed by atoms with E-state index in [4.69, 9.17) is 11.6 Å². The van der Waals surface area contributed by atoms with E-state index in [-0.39, 0.29) is 22.5 Å². The number of thioether (sulfide) groups is 1. The van der Waals surface area contributed by atoms with Gasteiger partial charge in [-0.15, -0.1) is 10.2 Å². The lowest BCUT2D eigenvalue weighted by molar-refractivity contribution is -0.113. The predicted octanol–water partition coefficient (Wildman–Crippen LogP) is 4.24. The smallest absolute Gasteiger partial charge is 0.234 e. The Morgan fingerprint density at radius 2 is 1.92 bits per heavy atom. The van der Waals surface area contributed by atoms with Crippen molar-refractivity contribution in [1.82, 2.24) is 14.8 Å². The van der Waals surface area contributed by atoms with Crippen LogP contribution in [0, 0.1) is 18.6 Å². The molecule has 1 N–H and O–H groups in total. The van der Waals surface area contributed by atoms with Crippen molar-refractivity contribution in [1.29, 1.82) is 0 Å². The summed E-state index contributed by atoms with van der Waals surface area (Å²) in [6.45, 7) is 1.76. The zero-order valence-corrected chi connectivity index (χ0v) is 15.1. The Balaban J connectivity index is 1.69. The molecule has 9 heteroatoms. The van der Waals surface area contributed by atoms with Gasteiger partial charge >= 0.3 is 0 Å². The first-order valence-electron chi connectivity index (χ1n) is 7.49. The predicted molar refractivity (Wildman–Crippen MR) is 96.8 cm³/mol. The van der Waals surface area contributed by atoms with Gasteiger partial charge in [-0.2, -0.15) is 0 Å². The Morgan fingerprint density at radius 1 is 1.19 bits per heavy atom. The quantitative estimate of drug-likeness (QED) is 0.657. The maximum absolute atomic E-state index is 13.1. The minimum atomic E-state index is -0.554. The number of carbonyl (C=O) groups is 1. The molecule has 1 amide bonds. The van der Waals surface area contributed by atoms with Crippen LogP contribution in [0.4, 0.5) is 14.5 Å². The maximum atomic E-state index is 13.1. The van der Waals surface area contributed by atoms with E-state index in [9.17, 15) is 13.6 Å². The third-order valence-corrected chi connectivity index (χ3v) is 4.63. The lowest BCUT2D eigenvalue weighted by atomic mass is 10.3. The summed E-state index contributed by atoms with van der Waals surface area (Å²) >= 11 is 6.87. The average Bonchev–Trinajstić information content (AvgIpc) is 2.98. The van der Waals surface area contributed by atoms with Crippen LogP contribution < -0.4 is 5.32 Å². The molecular formula is C17H13ClF2N4OS. The Kier molecular flexibility index (Phi) is 5.53. The molecule has 0 spiro atoms. The molecule has 0 fully saturated rings. The van der Waals surface area contributed by atoms with Gasteiger partial charge in [-0.25, -0.2) is 8.78 Å². The summed E-state index contributed by atoms with van der Waals surface area (Å²) in [6.07, 6.45) is 0. The number of hydrogen-bond acceptors (Lipinski definition) is 4. The summed E-state index contributed by atoms with van der Waals surface area (Å²) in [5.41, 5.74) is 1.10. The fraction of sp³-hybridized carbons (Fsp3) is 0.118. The molecule has 134 valence electrons. The molecule has 1 heterocycles. The zero-order valence-electron chi connectivity index (χ0n) is 13.5. The Morgan fingerprint density at radius 3 is 2.62 bits per heavy atom. The zero-order chi connectivity index (χ0) is 18.7. The van der Waals surface area contributed by atoms with Crippen LogP contribution >= 0.6 is 23.4 Å². The maximum Gasteiger partial charge on any atom is 0.234 e. The van der Waals surface area contributed by atoms with E-state index in [1.165, 1.54) is 42.1 Å². The van der Waals surface area contributed by atoms with E-state index < -0.39 is 5.82 Å². The number of rotatable bonds is 5. The number of halogens is 3. The van der Waals surface area contributed by atoms with Gasteiger partial charge < -0.3 is 5.32 Å². The summed E-state index contributed by atoms with van der Waals surface area (Å²) in [4.78, 5) is 12.1. The second-order valence-electron chi connectivity index (χ2n) is 5.31. The molecule has 26 heavy (non-hydrogen) atoms. The van der Waals surface area contributed by atoms with Crippen LogP contribution in [0.1, 0.15) is 5.82 Å². The van der Waals surface area contributed by atoms with Gasteiger partial charge in [0.25, 0.3) is 0 Å². The highest BCUT2D eigenvalue weighted by Crippen LogP contribution is 2.23. The van der Waals surface area contributed by atoms with Crippen LogP contribution in [0.2, 0.25) is 5.02 Å². The van der Waals surface area contributed by atoms with E-state index in [1.54, 1.807) is 23.6 Å². The highest BCUT2D eigenvalue weighted by molar-refractivity contribution is 7.99. The largest absolute Gasteiger partial charge is 0.325 e. The number of nitrogens with one attached hydrogen (secondary N) is 1. The molecule has 0 saturated heterocycles. The van der Waals surface area contributed by atoms with Crippen LogP contribution in [-0.4, -0.2) is 26.4 Å². The van der Waals surface area contributed by atoms with Crippen molar-refractivity contribution >= 4 is 35.0 Å². The van der Waals surface area contributed by atoms with Gasteiger partial charge in [-0.3, -0.25) is 9.36 Å². The van der Waals surface area contributed by atoms with Gasteiger partial charge in [0.05, 0.1) is 10.8 Å². The second kappa shape index (κ2) is 7.84. The molecule has 0 bridgehead atoms. The number of nitrogens with zero attached hydrogens (tertiary/aromatic N) is 3. The number of amides is 1. The minimum Gasteiger partial charge on any atom is -0.325 e. The molecule has 5 nitrogen and oxygen atoms in total. The molecule has 0 radical (unpaired) electrons. The summed E-state index contributed by atoms with van der Waals surface area (Å²) < 4.78 is 28.0. The number of aryl methyl sites for hydroxylation is 1. The van der Waals surface area contributed by atoms with Gasteiger partial charge in [0, 0.05) is 11.4 Å². The van der Waals surface area contributed by atoms with Crippen molar-refractivity contribution in [2.24, 2.45) is 0 Å². The molecule has 0 unspecified atom stereocenters. The summed E-state index contributed by atoms with van der Waals surface area (Å²) in [5.74, 6) is -0.518. The molecule has 2 aromatic carbocycles. The first kappa shape index (κ1) is 18.3. The monoisotopic (exact) mass is 394 g/mol. The molecular weight excluding hydrogens is 382 g/mol. The highest BCUT2D eigenvalue weighted by atomic mass is 35.5. The van der Waals surface area contributed by atoms with Crippen LogP contribution in [-0.2, 0) is 4.79 Å². The number of carbonyl (C=O) groups excluding carboxylic acids is 1. The summed E-state index contributed by atoms with van der Waals surface area (Å²) in [7, 11) is 0. The lowest BCUT2D eigenvalue weighted by Crippen LogP contribution is -2.14. The van der Waals surface area contributed by atoms with Gasteiger partial charge in [-0.05, 0) is 49.4 Å². The van der Waals surface area contributed by atoms with Crippen molar-refractivity contribution < 1.29 is 13.6 Å². The summed E-state index contributed by atoms with van der Waals surface area (Å²) in [6, 6.07) is 9.84. The van der Waals surface area contributed by atoms with Crippen LogP contribution in [0.3, 0.4) is 0 Å². The summed E-state index contributed by atoms with van der Waals surface area (Å²) in [5, 5.41) is 11.1. The van der Waals surface area contributed by atoms with E-state index in [0.717, 1.165) is 0 Å². The van der Waals surface area contributed by atoms with Crippen molar-refractivity contribution in [3.05, 3.63) is 64.9 Å². The molecule has 0 aliphatic carbocycles. The Labute approximate surface area is 157 Å². The minimum absolute atomic E-state index is 0.0638. The van der Waals surface area contributed by atoms with E-state index in [0.29, 0.717) is 22.4 Å². The van der Waals surface area contributed by atoms with Crippen molar-refractivity contribution in [3.63, 3.8) is 0 Å². The van der Waals surface area contributed by atoms with Gasteiger partial charge in [-0.1, -0.05) is 23.4 Å². The van der Waals surface area contributed by atoms with Gasteiger partial charge in [0.15, 0.2) is 5.16 Å². The van der Waals surface area contributed by atoms with Crippen LogP contribution in [0.25, 0.3) is 5.69 Å².